The Labute approximate surface area is 168 Å². The van der Waals surface area contributed by atoms with Gasteiger partial charge in [0.15, 0.2) is 6.61 Å². The van der Waals surface area contributed by atoms with Gasteiger partial charge in [-0.2, -0.15) is 0 Å². The van der Waals surface area contributed by atoms with Crippen molar-refractivity contribution in [2.75, 3.05) is 11.1 Å². The van der Waals surface area contributed by atoms with E-state index in [4.69, 9.17) is 9.15 Å². The van der Waals surface area contributed by atoms with Crippen molar-refractivity contribution in [2.24, 2.45) is 0 Å². The van der Waals surface area contributed by atoms with Gasteiger partial charge >= 0.3 is 0 Å². The van der Waals surface area contributed by atoms with Crippen molar-refractivity contribution in [3.63, 3.8) is 0 Å². The van der Waals surface area contributed by atoms with E-state index < -0.39 is 0 Å². The van der Waals surface area contributed by atoms with Crippen molar-refractivity contribution in [1.82, 2.24) is 10.2 Å². The number of nitrogens with one attached hydrogen (secondary N) is 1. The van der Waals surface area contributed by atoms with Gasteiger partial charge in [0.1, 0.15) is 5.75 Å². The molecule has 1 aromatic heterocycles. The molecule has 0 saturated carbocycles. The Hall–Kier alpha value is -2.07. The van der Waals surface area contributed by atoms with Gasteiger partial charge in [-0.3, -0.25) is 4.79 Å². The molecule has 0 fully saturated rings. The van der Waals surface area contributed by atoms with E-state index in [0.29, 0.717) is 11.1 Å². The van der Waals surface area contributed by atoms with Crippen LogP contribution in [0.2, 0.25) is 0 Å². The number of halogens is 1. The van der Waals surface area contributed by atoms with E-state index in [0.717, 1.165) is 20.6 Å². The molecular formula is C18H16IN3O3S. The molecule has 0 atom stereocenters. The van der Waals surface area contributed by atoms with Crippen LogP contribution in [0.1, 0.15) is 11.5 Å². The molecule has 0 aliphatic heterocycles. The number of ether oxygens (including phenoxy) is 1. The number of thioether (sulfide) groups is 1. The first kappa shape index (κ1) is 18.7. The summed E-state index contributed by atoms with van der Waals surface area (Å²) in [6.45, 7) is 2.20. The number of amides is 1. The molecule has 134 valence electrons. The predicted molar refractivity (Wildman–Crippen MR) is 108 cm³/mol. The molecule has 0 unspecified atom stereocenters. The minimum Gasteiger partial charge on any atom is -0.484 e. The summed E-state index contributed by atoms with van der Waals surface area (Å²) in [6.07, 6.45) is 0. The van der Waals surface area contributed by atoms with Crippen LogP contribution in [-0.4, -0.2) is 21.9 Å². The van der Waals surface area contributed by atoms with Gasteiger partial charge in [-0.05, 0) is 59.8 Å². The first-order chi connectivity index (χ1) is 12.6. The summed E-state index contributed by atoms with van der Waals surface area (Å²) in [5, 5.41) is 11.0. The van der Waals surface area contributed by atoms with Crippen molar-refractivity contribution < 1.29 is 13.9 Å². The molecule has 2 aromatic carbocycles. The molecule has 1 N–H and O–H groups in total. The Morgan fingerprint density at radius 2 is 2.04 bits per heavy atom. The summed E-state index contributed by atoms with van der Waals surface area (Å²) in [6, 6.07) is 15.3. The van der Waals surface area contributed by atoms with Crippen molar-refractivity contribution in [3.8, 4) is 5.75 Å². The second-order valence-electron chi connectivity index (χ2n) is 5.41. The molecule has 0 saturated heterocycles. The zero-order valence-corrected chi connectivity index (χ0v) is 16.9. The highest BCUT2D eigenvalue weighted by molar-refractivity contribution is 14.1. The molecule has 0 aliphatic carbocycles. The maximum Gasteiger partial charge on any atom is 0.277 e. The quantitative estimate of drug-likeness (QED) is 0.401. The Bertz CT molecular complexity index is 883. The minimum atomic E-state index is -0.132. The summed E-state index contributed by atoms with van der Waals surface area (Å²) in [4.78, 5) is 12.0. The fraction of sp³-hybridized carbons (Fsp3) is 0.167. The number of carbonyl (C=O) groups is 1. The first-order valence-corrected chi connectivity index (χ1v) is 9.85. The number of aryl methyl sites for hydroxylation is 1. The summed E-state index contributed by atoms with van der Waals surface area (Å²) < 4.78 is 12.1. The number of nitrogens with zero attached hydrogens (tertiary/aromatic N) is 2. The van der Waals surface area contributed by atoms with Crippen molar-refractivity contribution in [3.05, 3.63) is 63.6 Å². The lowest BCUT2D eigenvalue weighted by atomic mass is 10.2. The first-order valence-electron chi connectivity index (χ1n) is 7.78. The predicted octanol–water partition coefficient (Wildman–Crippen LogP) is 4.29. The third kappa shape index (κ3) is 5.73. The molecular weight excluding hydrogens is 465 g/mol. The third-order valence-corrected chi connectivity index (χ3v) is 4.76. The largest absolute Gasteiger partial charge is 0.484 e. The van der Waals surface area contributed by atoms with Crippen LogP contribution in [0.15, 0.2) is 58.2 Å². The van der Waals surface area contributed by atoms with E-state index in [9.17, 15) is 4.79 Å². The standard InChI is InChI=1S/C18H16IN3O3S/c1-12-5-7-15(8-6-12)24-10-17-21-22-18(25-17)26-11-16(23)20-14-4-2-3-13(19)9-14/h2-9H,10-11H2,1H3,(H,20,23). The maximum absolute atomic E-state index is 12.0. The van der Waals surface area contributed by atoms with Gasteiger partial charge in [0.05, 0.1) is 5.75 Å². The number of hydrogen-bond acceptors (Lipinski definition) is 6. The second-order valence-corrected chi connectivity index (χ2v) is 7.58. The molecule has 0 spiro atoms. The van der Waals surface area contributed by atoms with Crippen LogP contribution in [0.25, 0.3) is 0 Å². The smallest absolute Gasteiger partial charge is 0.277 e. The highest BCUT2D eigenvalue weighted by Crippen LogP contribution is 2.19. The number of carbonyl (C=O) groups excluding carboxylic acids is 1. The highest BCUT2D eigenvalue weighted by Gasteiger charge is 2.10. The van der Waals surface area contributed by atoms with Crippen LogP contribution >= 0.6 is 34.4 Å². The Balaban J connectivity index is 1.45. The molecule has 8 heteroatoms. The lowest BCUT2D eigenvalue weighted by Gasteiger charge is -2.04. The third-order valence-electron chi connectivity index (χ3n) is 3.27. The zero-order chi connectivity index (χ0) is 18.4. The number of aromatic nitrogens is 2. The normalized spacial score (nSPS) is 10.5. The summed E-state index contributed by atoms with van der Waals surface area (Å²) in [5.41, 5.74) is 1.93. The van der Waals surface area contributed by atoms with Gasteiger partial charge in [-0.25, -0.2) is 0 Å². The van der Waals surface area contributed by atoms with Crippen LogP contribution < -0.4 is 10.1 Å². The SMILES string of the molecule is Cc1ccc(OCc2nnc(SCC(=O)Nc3cccc(I)c3)o2)cc1. The minimum absolute atomic E-state index is 0.132. The molecule has 3 aromatic rings. The molecule has 0 aliphatic rings. The van der Waals surface area contributed by atoms with Crippen molar-refractivity contribution in [2.45, 2.75) is 18.8 Å². The Morgan fingerprint density at radius 1 is 1.23 bits per heavy atom. The Morgan fingerprint density at radius 3 is 2.81 bits per heavy atom. The summed E-state index contributed by atoms with van der Waals surface area (Å²) in [7, 11) is 0. The lowest BCUT2D eigenvalue weighted by Crippen LogP contribution is -2.14. The van der Waals surface area contributed by atoms with E-state index >= 15 is 0 Å². The average molecular weight is 481 g/mol. The number of benzene rings is 2. The van der Waals surface area contributed by atoms with E-state index in [1.165, 1.54) is 11.8 Å². The van der Waals surface area contributed by atoms with E-state index in [-0.39, 0.29) is 18.3 Å². The van der Waals surface area contributed by atoms with Gasteiger partial charge in [-0.15, -0.1) is 10.2 Å². The molecule has 6 nitrogen and oxygen atoms in total. The molecule has 3 rings (SSSR count). The van der Waals surface area contributed by atoms with E-state index in [1.807, 2.05) is 55.5 Å². The van der Waals surface area contributed by atoms with E-state index in [1.54, 1.807) is 0 Å². The molecule has 1 heterocycles. The van der Waals surface area contributed by atoms with Crippen molar-refractivity contribution >= 4 is 45.9 Å². The van der Waals surface area contributed by atoms with E-state index in [2.05, 4.69) is 38.1 Å². The lowest BCUT2D eigenvalue weighted by molar-refractivity contribution is -0.113. The monoisotopic (exact) mass is 481 g/mol. The van der Waals surface area contributed by atoms with Gasteiger partial charge in [0.2, 0.25) is 5.91 Å². The van der Waals surface area contributed by atoms with Gasteiger partial charge in [-0.1, -0.05) is 35.5 Å². The topological polar surface area (TPSA) is 77.2 Å². The molecule has 1 amide bonds. The number of hydrogen-bond donors (Lipinski definition) is 1. The van der Waals surface area contributed by atoms with Crippen LogP contribution in [0, 0.1) is 10.5 Å². The van der Waals surface area contributed by atoms with Crippen LogP contribution in [0.4, 0.5) is 5.69 Å². The van der Waals surface area contributed by atoms with Gasteiger partial charge < -0.3 is 14.5 Å². The molecule has 0 radical (unpaired) electrons. The van der Waals surface area contributed by atoms with Crippen LogP contribution in [0.3, 0.4) is 0 Å². The van der Waals surface area contributed by atoms with Gasteiger partial charge in [0.25, 0.3) is 11.1 Å². The highest BCUT2D eigenvalue weighted by atomic mass is 127. The fourth-order valence-corrected chi connectivity index (χ4v) is 3.15. The molecule has 0 bridgehead atoms. The maximum atomic E-state index is 12.0. The fourth-order valence-electron chi connectivity index (χ4n) is 2.03. The number of anilines is 1. The number of rotatable bonds is 7. The molecule has 26 heavy (non-hydrogen) atoms. The summed E-state index contributed by atoms with van der Waals surface area (Å²) in [5.74, 6) is 1.16. The van der Waals surface area contributed by atoms with Crippen molar-refractivity contribution in [1.29, 1.82) is 0 Å². The summed E-state index contributed by atoms with van der Waals surface area (Å²) >= 11 is 3.38. The zero-order valence-electron chi connectivity index (χ0n) is 13.9. The van der Waals surface area contributed by atoms with Gasteiger partial charge in [0, 0.05) is 9.26 Å². The van der Waals surface area contributed by atoms with Crippen LogP contribution in [0.5, 0.6) is 5.75 Å². The second kappa shape index (κ2) is 9.04. The van der Waals surface area contributed by atoms with Crippen LogP contribution in [-0.2, 0) is 11.4 Å². The Kier molecular flexibility index (Phi) is 6.51. The average Bonchev–Trinajstić information content (AvgIpc) is 3.07.